The van der Waals surface area contributed by atoms with Crippen LogP contribution in [0.15, 0.2) is 48.5 Å². The Kier molecular flexibility index (Phi) is 5.93. The first-order valence-corrected chi connectivity index (χ1v) is 8.86. The van der Waals surface area contributed by atoms with Crippen LogP contribution in [-0.4, -0.2) is 30.1 Å². The molecule has 0 saturated carbocycles. The average molecular weight is 370 g/mol. The molecule has 3 rings (SSSR count). The largest absolute Gasteiger partial charge is 0.454 e. The van der Waals surface area contributed by atoms with Crippen molar-refractivity contribution in [2.75, 3.05) is 18.5 Å². The Labute approximate surface area is 154 Å². The molecule has 0 saturated heterocycles. The molecule has 0 unspecified atom stereocenters. The van der Waals surface area contributed by atoms with E-state index in [0.717, 1.165) is 20.8 Å². The molecule has 0 aliphatic carbocycles. The van der Waals surface area contributed by atoms with Crippen LogP contribution in [0.2, 0.25) is 0 Å². The number of hydrogen-bond acceptors (Lipinski definition) is 6. The Morgan fingerprint density at radius 2 is 1.85 bits per heavy atom. The fourth-order valence-electron chi connectivity index (χ4n) is 2.23. The molecule has 2 aromatic carbocycles. The summed E-state index contributed by atoms with van der Waals surface area (Å²) in [7, 11) is 0. The number of hydrogen-bond donors (Lipinski definition) is 1. The minimum absolute atomic E-state index is 0.226. The lowest BCUT2D eigenvalue weighted by Crippen LogP contribution is -2.22. The number of thiazole rings is 1. The third-order valence-electron chi connectivity index (χ3n) is 3.48. The lowest BCUT2D eigenvalue weighted by atomic mass is 10.2. The summed E-state index contributed by atoms with van der Waals surface area (Å²) in [6.45, 7) is 1.61. The lowest BCUT2D eigenvalue weighted by Gasteiger charge is -2.07. The van der Waals surface area contributed by atoms with Gasteiger partial charge in [0, 0.05) is 5.69 Å². The van der Waals surface area contributed by atoms with E-state index in [1.54, 1.807) is 12.1 Å². The number of carbonyl (C=O) groups excluding carboxylic acids is 2. The van der Waals surface area contributed by atoms with Gasteiger partial charge in [-0.3, -0.25) is 4.79 Å². The summed E-state index contributed by atoms with van der Waals surface area (Å²) in [5, 5.41) is 3.44. The second kappa shape index (κ2) is 8.55. The predicted molar refractivity (Wildman–Crippen MR) is 100 cm³/mol. The number of benzene rings is 2. The molecule has 1 heterocycles. The van der Waals surface area contributed by atoms with Gasteiger partial charge in [0.25, 0.3) is 5.91 Å². The van der Waals surface area contributed by atoms with Crippen LogP contribution < -0.4 is 5.32 Å². The van der Waals surface area contributed by atoms with Gasteiger partial charge in [-0.1, -0.05) is 29.8 Å². The highest BCUT2D eigenvalue weighted by atomic mass is 32.1. The van der Waals surface area contributed by atoms with Gasteiger partial charge in [0.1, 0.15) is 11.6 Å². The van der Waals surface area contributed by atoms with Crippen molar-refractivity contribution < 1.29 is 19.1 Å². The van der Waals surface area contributed by atoms with Gasteiger partial charge in [-0.15, -0.1) is 11.3 Å². The molecule has 0 radical (unpaired) electrons. The molecule has 0 atom stereocenters. The summed E-state index contributed by atoms with van der Waals surface area (Å²) in [5.41, 5.74) is 2.66. The van der Waals surface area contributed by atoms with E-state index in [1.807, 2.05) is 43.3 Å². The van der Waals surface area contributed by atoms with Crippen molar-refractivity contribution in [1.29, 1.82) is 0 Å². The van der Waals surface area contributed by atoms with E-state index < -0.39 is 11.9 Å². The SMILES string of the molecule is Cc1ccc(NC(=O)COC(=O)COCc2nc3ccccc3s2)cc1. The fourth-order valence-corrected chi connectivity index (χ4v) is 3.13. The van der Waals surface area contributed by atoms with Crippen LogP contribution in [0.5, 0.6) is 0 Å². The van der Waals surface area contributed by atoms with Crippen molar-refractivity contribution in [3.8, 4) is 0 Å². The van der Waals surface area contributed by atoms with E-state index in [1.165, 1.54) is 11.3 Å². The maximum absolute atomic E-state index is 11.8. The summed E-state index contributed by atoms with van der Waals surface area (Å²) < 4.78 is 11.3. The Hall–Kier alpha value is -2.77. The number of carbonyl (C=O) groups is 2. The topological polar surface area (TPSA) is 77.5 Å². The van der Waals surface area contributed by atoms with E-state index in [4.69, 9.17) is 9.47 Å². The third kappa shape index (κ3) is 5.11. The molecule has 0 spiro atoms. The van der Waals surface area contributed by atoms with Gasteiger partial charge in [0.2, 0.25) is 0 Å². The van der Waals surface area contributed by atoms with Crippen LogP contribution in [0.1, 0.15) is 10.6 Å². The molecule has 1 aromatic heterocycles. The maximum atomic E-state index is 11.8. The standard InChI is InChI=1S/C19H18N2O4S/c1-13-6-8-14(9-7-13)20-17(22)10-25-19(23)12-24-11-18-21-15-4-2-3-5-16(15)26-18/h2-9H,10-12H2,1H3,(H,20,22). The van der Waals surface area contributed by atoms with Crippen molar-refractivity contribution in [2.45, 2.75) is 13.5 Å². The van der Waals surface area contributed by atoms with Crippen molar-refractivity contribution >= 4 is 39.1 Å². The van der Waals surface area contributed by atoms with Crippen LogP contribution in [0, 0.1) is 6.92 Å². The van der Waals surface area contributed by atoms with Crippen molar-refractivity contribution in [1.82, 2.24) is 4.98 Å². The lowest BCUT2D eigenvalue weighted by molar-refractivity contribution is -0.152. The summed E-state index contributed by atoms with van der Waals surface area (Å²) in [4.78, 5) is 27.8. The van der Waals surface area contributed by atoms with Crippen LogP contribution in [0.3, 0.4) is 0 Å². The summed E-state index contributed by atoms with van der Waals surface area (Å²) in [6, 6.07) is 15.1. The number of aryl methyl sites for hydroxylation is 1. The highest BCUT2D eigenvalue weighted by molar-refractivity contribution is 7.18. The minimum Gasteiger partial charge on any atom is -0.454 e. The second-order valence-electron chi connectivity index (χ2n) is 5.64. The molecule has 7 heteroatoms. The van der Waals surface area contributed by atoms with Gasteiger partial charge in [0.05, 0.1) is 16.8 Å². The zero-order valence-electron chi connectivity index (χ0n) is 14.2. The van der Waals surface area contributed by atoms with Crippen molar-refractivity contribution in [3.63, 3.8) is 0 Å². The van der Waals surface area contributed by atoms with Crippen molar-refractivity contribution in [3.05, 3.63) is 59.1 Å². The second-order valence-corrected chi connectivity index (χ2v) is 6.76. The first-order chi connectivity index (χ1) is 12.6. The molecule has 134 valence electrons. The van der Waals surface area contributed by atoms with Crippen LogP contribution in [0.4, 0.5) is 5.69 Å². The first kappa shape index (κ1) is 18.0. The monoisotopic (exact) mass is 370 g/mol. The van der Waals surface area contributed by atoms with Crippen molar-refractivity contribution in [2.24, 2.45) is 0 Å². The summed E-state index contributed by atoms with van der Waals surface area (Å²) in [5.74, 6) is -0.987. The number of nitrogens with zero attached hydrogens (tertiary/aromatic N) is 1. The minimum atomic E-state index is -0.592. The molecular weight excluding hydrogens is 352 g/mol. The number of amides is 1. The fraction of sp³-hybridized carbons (Fsp3) is 0.211. The Bertz CT molecular complexity index is 872. The van der Waals surface area contributed by atoms with E-state index in [9.17, 15) is 9.59 Å². The number of esters is 1. The van der Waals surface area contributed by atoms with Gasteiger partial charge >= 0.3 is 5.97 Å². The van der Waals surface area contributed by atoms with E-state index in [-0.39, 0.29) is 19.8 Å². The Balaban J connectivity index is 1.37. The number of anilines is 1. The maximum Gasteiger partial charge on any atom is 0.332 e. The number of aromatic nitrogens is 1. The quantitative estimate of drug-likeness (QED) is 0.646. The first-order valence-electron chi connectivity index (χ1n) is 8.04. The third-order valence-corrected chi connectivity index (χ3v) is 4.49. The highest BCUT2D eigenvalue weighted by Gasteiger charge is 2.09. The molecule has 1 N–H and O–H groups in total. The van der Waals surface area contributed by atoms with E-state index in [0.29, 0.717) is 5.69 Å². The zero-order valence-corrected chi connectivity index (χ0v) is 15.0. The zero-order chi connectivity index (χ0) is 18.4. The van der Waals surface area contributed by atoms with Crippen LogP contribution in [0.25, 0.3) is 10.2 Å². The van der Waals surface area contributed by atoms with Gasteiger partial charge in [-0.2, -0.15) is 0 Å². The van der Waals surface area contributed by atoms with E-state index >= 15 is 0 Å². The molecule has 0 fully saturated rings. The Morgan fingerprint density at radius 3 is 2.62 bits per heavy atom. The number of nitrogens with one attached hydrogen (secondary N) is 1. The van der Waals surface area contributed by atoms with Crippen LogP contribution in [-0.2, 0) is 25.7 Å². The number of fused-ring (bicyclic) bond motifs is 1. The van der Waals surface area contributed by atoms with Gasteiger partial charge in [0.15, 0.2) is 6.61 Å². The van der Waals surface area contributed by atoms with Gasteiger partial charge < -0.3 is 14.8 Å². The summed E-state index contributed by atoms with van der Waals surface area (Å²) >= 11 is 1.52. The number of ether oxygens (including phenoxy) is 2. The molecule has 0 aliphatic rings. The highest BCUT2D eigenvalue weighted by Crippen LogP contribution is 2.21. The summed E-state index contributed by atoms with van der Waals surface area (Å²) in [6.07, 6.45) is 0. The molecule has 26 heavy (non-hydrogen) atoms. The Morgan fingerprint density at radius 1 is 1.08 bits per heavy atom. The molecule has 6 nitrogen and oxygen atoms in total. The number of rotatable bonds is 7. The van der Waals surface area contributed by atoms with Gasteiger partial charge in [-0.05, 0) is 31.2 Å². The smallest absolute Gasteiger partial charge is 0.332 e. The molecule has 3 aromatic rings. The van der Waals surface area contributed by atoms with Gasteiger partial charge in [-0.25, -0.2) is 9.78 Å². The number of para-hydroxylation sites is 1. The molecule has 0 bridgehead atoms. The molecular formula is C19H18N2O4S. The van der Waals surface area contributed by atoms with Crippen LogP contribution >= 0.6 is 11.3 Å². The average Bonchev–Trinajstić information content (AvgIpc) is 3.05. The van der Waals surface area contributed by atoms with E-state index in [2.05, 4.69) is 10.3 Å². The molecule has 0 aliphatic heterocycles. The molecule has 1 amide bonds. The normalized spacial score (nSPS) is 10.7. The predicted octanol–water partition coefficient (Wildman–Crippen LogP) is 3.30.